The van der Waals surface area contributed by atoms with E-state index in [4.69, 9.17) is 0 Å². The molecular formula is C8H18Ca. The van der Waals surface area contributed by atoms with Gasteiger partial charge in [0.25, 0.3) is 0 Å². The van der Waals surface area contributed by atoms with Gasteiger partial charge in [0.2, 0.25) is 0 Å². The minimum atomic E-state index is 0. The van der Waals surface area contributed by atoms with Crippen molar-refractivity contribution in [3.63, 3.8) is 0 Å². The fourth-order valence-corrected chi connectivity index (χ4v) is 0.854. The number of unbranched alkanes of at least 4 members (excludes halogenated alkanes) is 5. The maximum absolute atomic E-state index is 2.26. The third-order valence-corrected chi connectivity index (χ3v) is 1.46. The van der Waals surface area contributed by atoms with Gasteiger partial charge in [-0.1, -0.05) is 52.4 Å². The van der Waals surface area contributed by atoms with Crippen LogP contribution in [0.2, 0.25) is 0 Å². The second kappa shape index (κ2) is 12.0. The van der Waals surface area contributed by atoms with E-state index < -0.39 is 0 Å². The Balaban J connectivity index is 0. The molecule has 0 bridgehead atoms. The minimum Gasteiger partial charge on any atom is -0.0654 e. The molecule has 9 heavy (non-hydrogen) atoms. The first-order valence-electron chi connectivity index (χ1n) is 3.91. The second-order valence-corrected chi connectivity index (χ2v) is 2.41. The molecule has 0 fully saturated rings. The van der Waals surface area contributed by atoms with Crippen molar-refractivity contribution < 1.29 is 0 Å². The van der Waals surface area contributed by atoms with Crippen molar-refractivity contribution in [3.8, 4) is 0 Å². The molecule has 1 heteroatoms. The molecule has 0 atom stereocenters. The van der Waals surface area contributed by atoms with Gasteiger partial charge in [0.05, 0.1) is 0 Å². The standard InChI is InChI=1S/C8H18.Ca/c1-3-5-7-8-6-4-2;/h3-8H2,1-2H3;. The zero-order chi connectivity index (χ0) is 6.24. The molecule has 2 radical (unpaired) electrons. The smallest absolute Gasteiger partial charge is 0 e. The average molecular weight is 154 g/mol. The number of hydrogen-bond donors (Lipinski definition) is 0. The Morgan fingerprint density at radius 2 is 1.00 bits per heavy atom. The Labute approximate surface area is 89.4 Å². The van der Waals surface area contributed by atoms with E-state index in [1.165, 1.54) is 38.5 Å². The number of hydrogen-bond acceptors (Lipinski definition) is 0. The molecule has 0 aliphatic rings. The van der Waals surface area contributed by atoms with Crippen LogP contribution in [0.1, 0.15) is 52.4 Å². The molecule has 0 N–H and O–H groups in total. The summed E-state index contributed by atoms with van der Waals surface area (Å²) in [6.45, 7) is 4.51. The fraction of sp³-hybridized carbons (Fsp3) is 1.00. The summed E-state index contributed by atoms with van der Waals surface area (Å²) in [5, 5.41) is 0. The van der Waals surface area contributed by atoms with E-state index in [-0.39, 0.29) is 37.7 Å². The maximum atomic E-state index is 2.26. The molecule has 0 aromatic carbocycles. The van der Waals surface area contributed by atoms with E-state index in [2.05, 4.69) is 13.8 Å². The van der Waals surface area contributed by atoms with Gasteiger partial charge in [-0.15, -0.1) is 0 Å². The molecule has 0 spiro atoms. The van der Waals surface area contributed by atoms with Crippen molar-refractivity contribution in [2.45, 2.75) is 52.4 Å². The maximum Gasteiger partial charge on any atom is 0 e. The van der Waals surface area contributed by atoms with E-state index in [1.807, 2.05) is 0 Å². The third-order valence-electron chi connectivity index (χ3n) is 1.46. The van der Waals surface area contributed by atoms with Crippen LogP contribution < -0.4 is 0 Å². The van der Waals surface area contributed by atoms with Crippen LogP contribution in [0.25, 0.3) is 0 Å². The molecule has 0 unspecified atom stereocenters. The van der Waals surface area contributed by atoms with Crippen LogP contribution in [-0.4, -0.2) is 37.7 Å². The first-order chi connectivity index (χ1) is 3.91. The van der Waals surface area contributed by atoms with Gasteiger partial charge < -0.3 is 0 Å². The molecule has 0 nitrogen and oxygen atoms in total. The minimum absolute atomic E-state index is 0. The predicted molar refractivity (Wildman–Crippen MR) is 44.8 cm³/mol. The monoisotopic (exact) mass is 154 g/mol. The summed E-state index contributed by atoms with van der Waals surface area (Å²) >= 11 is 0. The zero-order valence-electron chi connectivity index (χ0n) is 6.95. The Kier molecular flexibility index (Phi) is 17.2. The fourth-order valence-electron chi connectivity index (χ4n) is 0.854. The van der Waals surface area contributed by atoms with E-state index in [9.17, 15) is 0 Å². The average Bonchev–Trinajstić information content (AvgIpc) is 1.81. The molecule has 0 aromatic heterocycles. The molecule has 0 heterocycles. The number of rotatable bonds is 5. The topological polar surface area (TPSA) is 0 Å². The summed E-state index contributed by atoms with van der Waals surface area (Å²) in [6, 6.07) is 0. The molecule has 0 aliphatic carbocycles. The quantitative estimate of drug-likeness (QED) is 0.422. The molecular weight excluding hydrogens is 136 g/mol. The summed E-state index contributed by atoms with van der Waals surface area (Å²) in [7, 11) is 0. The summed E-state index contributed by atoms with van der Waals surface area (Å²) in [6.07, 6.45) is 8.49. The van der Waals surface area contributed by atoms with Crippen LogP contribution in [-0.2, 0) is 0 Å². The van der Waals surface area contributed by atoms with E-state index in [0.29, 0.717) is 0 Å². The van der Waals surface area contributed by atoms with Gasteiger partial charge in [-0.3, -0.25) is 0 Å². The Morgan fingerprint density at radius 3 is 1.22 bits per heavy atom. The first kappa shape index (κ1) is 12.9. The summed E-state index contributed by atoms with van der Waals surface area (Å²) < 4.78 is 0. The summed E-state index contributed by atoms with van der Waals surface area (Å²) in [5.41, 5.74) is 0. The first-order valence-corrected chi connectivity index (χ1v) is 3.91. The van der Waals surface area contributed by atoms with Crippen molar-refractivity contribution in [3.05, 3.63) is 0 Å². The second-order valence-electron chi connectivity index (χ2n) is 2.41. The Bertz CT molecular complexity index is 29.5. The molecule has 0 aliphatic heterocycles. The molecule has 52 valence electrons. The van der Waals surface area contributed by atoms with Crippen LogP contribution in [0.5, 0.6) is 0 Å². The Hall–Kier alpha value is 1.26. The SMILES string of the molecule is CCCCCCCC.[Ca]. The van der Waals surface area contributed by atoms with E-state index >= 15 is 0 Å². The van der Waals surface area contributed by atoms with Crippen molar-refractivity contribution in [1.82, 2.24) is 0 Å². The molecule has 0 rings (SSSR count). The third kappa shape index (κ3) is 12.5. The van der Waals surface area contributed by atoms with Gasteiger partial charge in [-0.2, -0.15) is 0 Å². The molecule has 0 saturated heterocycles. The van der Waals surface area contributed by atoms with Crippen molar-refractivity contribution in [2.24, 2.45) is 0 Å². The van der Waals surface area contributed by atoms with Crippen molar-refractivity contribution in [2.75, 3.05) is 0 Å². The molecule has 0 amide bonds. The van der Waals surface area contributed by atoms with E-state index in [0.717, 1.165) is 0 Å². The molecule has 0 aromatic rings. The zero-order valence-corrected chi connectivity index (χ0v) is 9.16. The van der Waals surface area contributed by atoms with Crippen molar-refractivity contribution >= 4 is 37.7 Å². The van der Waals surface area contributed by atoms with Gasteiger partial charge in [0.15, 0.2) is 0 Å². The van der Waals surface area contributed by atoms with Crippen LogP contribution in [0, 0.1) is 0 Å². The van der Waals surface area contributed by atoms with Gasteiger partial charge in [-0.05, 0) is 0 Å². The summed E-state index contributed by atoms with van der Waals surface area (Å²) in [4.78, 5) is 0. The van der Waals surface area contributed by atoms with Gasteiger partial charge >= 0.3 is 0 Å². The molecule has 0 saturated carbocycles. The predicted octanol–water partition coefficient (Wildman–Crippen LogP) is 2.99. The van der Waals surface area contributed by atoms with Gasteiger partial charge in [0, 0.05) is 37.7 Å². The van der Waals surface area contributed by atoms with Gasteiger partial charge in [0.1, 0.15) is 0 Å². The van der Waals surface area contributed by atoms with Crippen LogP contribution in [0.3, 0.4) is 0 Å². The largest absolute Gasteiger partial charge is 0.0654 e. The van der Waals surface area contributed by atoms with Gasteiger partial charge in [-0.25, -0.2) is 0 Å². The Morgan fingerprint density at radius 1 is 0.667 bits per heavy atom. The van der Waals surface area contributed by atoms with Crippen LogP contribution >= 0.6 is 0 Å². The normalized spacial score (nSPS) is 8.67. The van der Waals surface area contributed by atoms with Crippen molar-refractivity contribution in [1.29, 1.82) is 0 Å². The van der Waals surface area contributed by atoms with Crippen LogP contribution in [0.4, 0.5) is 0 Å². The summed E-state index contributed by atoms with van der Waals surface area (Å²) in [5.74, 6) is 0. The van der Waals surface area contributed by atoms with Crippen LogP contribution in [0.15, 0.2) is 0 Å². The van der Waals surface area contributed by atoms with E-state index in [1.54, 1.807) is 0 Å².